The van der Waals surface area contributed by atoms with Crippen molar-refractivity contribution in [3.05, 3.63) is 0 Å². The molecule has 1 atom stereocenters. The Balaban J connectivity index is 3.18. The fraction of sp³-hybridized carbons (Fsp3) is 1.00. The molecule has 0 spiro atoms. The van der Waals surface area contributed by atoms with Crippen molar-refractivity contribution in [2.45, 2.75) is 12.7 Å². The lowest BCUT2D eigenvalue weighted by molar-refractivity contribution is 0.0645. The molecule has 0 aromatic carbocycles. The van der Waals surface area contributed by atoms with Crippen molar-refractivity contribution in [2.75, 3.05) is 13.2 Å². The van der Waals surface area contributed by atoms with E-state index in [-0.39, 0.29) is 12.3 Å². The predicted molar refractivity (Wildman–Crippen MR) is 42.1 cm³/mol. The SMILES string of the molecule is CCOC(CO)[SiH2]O[SiH3]. The Morgan fingerprint density at radius 2 is 2.44 bits per heavy atom. The molecule has 0 aliphatic carbocycles. The fourth-order valence-corrected chi connectivity index (χ4v) is 2.50. The largest absolute Gasteiger partial charge is 0.466 e. The highest BCUT2D eigenvalue weighted by Gasteiger charge is 2.04. The van der Waals surface area contributed by atoms with Crippen molar-refractivity contribution >= 4 is 20.2 Å². The second-order valence-electron chi connectivity index (χ2n) is 1.72. The van der Waals surface area contributed by atoms with Crippen molar-refractivity contribution in [2.24, 2.45) is 0 Å². The summed E-state index contributed by atoms with van der Waals surface area (Å²) < 4.78 is 10.2. The highest BCUT2D eigenvalue weighted by molar-refractivity contribution is 6.35. The minimum atomic E-state index is -0.586. The van der Waals surface area contributed by atoms with Crippen molar-refractivity contribution in [1.29, 1.82) is 0 Å². The summed E-state index contributed by atoms with van der Waals surface area (Å²) in [5.41, 5.74) is 0.0208. The van der Waals surface area contributed by atoms with Crippen LogP contribution in [0, 0.1) is 0 Å². The summed E-state index contributed by atoms with van der Waals surface area (Å²) in [6.45, 7) is 2.70. The average molecular weight is 166 g/mol. The zero-order valence-electron chi connectivity index (χ0n) is 5.96. The quantitative estimate of drug-likeness (QED) is 0.468. The lowest BCUT2D eigenvalue weighted by Gasteiger charge is -2.11. The molecule has 1 N–H and O–H groups in total. The van der Waals surface area contributed by atoms with E-state index in [1.165, 1.54) is 0 Å². The maximum Gasteiger partial charge on any atom is 0.178 e. The lowest BCUT2D eigenvalue weighted by Crippen LogP contribution is -2.26. The molecule has 0 heterocycles. The summed E-state index contributed by atoms with van der Waals surface area (Å²) in [6, 6.07) is 0. The smallest absolute Gasteiger partial charge is 0.178 e. The molecule has 0 aromatic rings. The summed E-state index contributed by atoms with van der Waals surface area (Å²) >= 11 is 0. The van der Waals surface area contributed by atoms with E-state index >= 15 is 0 Å². The predicted octanol–water partition coefficient (Wildman–Crippen LogP) is -2.28. The molecule has 0 aliphatic heterocycles. The molecule has 9 heavy (non-hydrogen) atoms. The summed E-state index contributed by atoms with van der Waals surface area (Å²) in [7, 11) is 0.183. The van der Waals surface area contributed by atoms with E-state index in [4.69, 9.17) is 14.0 Å². The van der Waals surface area contributed by atoms with Gasteiger partial charge in [-0.2, -0.15) is 0 Å². The number of hydrogen-bond acceptors (Lipinski definition) is 3. The van der Waals surface area contributed by atoms with Crippen LogP contribution < -0.4 is 0 Å². The van der Waals surface area contributed by atoms with Crippen LogP contribution in [-0.2, 0) is 8.85 Å². The Bertz CT molecular complexity index is 55.8. The van der Waals surface area contributed by atoms with Gasteiger partial charge in [-0.15, -0.1) is 0 Å². The Morgan fingerprint density at radius 3 is 2.78 bits per heavy atom. The van der Waals surface area contributed by atoms with Crippen LogP contribution in [0.5, 0.6) is 0 Å². The van der Waals surface area contributed by atoms with Gasteiger partial charge >= 0.3 is 0 Å². The van der Waals surface area contributed by atoms with E-state index in [9.17, 15) is 0 Å². The van der Waals surface area contributed by atoms with Crippen LogP contribution in [0.15, 0.2) is 0 Å². The maximum atomic E-state index is 8.63. The van der Waals surface area contributed by atoms with Gasteiger partial charge in [0.25, 0.3) is 0 Å². The van der Waals surface area contributed by atoms with E-state index < -0.39 is 9.76 Å². The first-order valence-electron chi connectivity index (χ1n) is 3.06. The van der Waals surface area contributed by atoms with E-state index in [0.717, 1.165) is 10.5 Å². The molecular formula is C4H14O3Si2. The molecule has 0 saturated carbocycles. The van der Waals surface area contributed by atoms with Crippen LogP contribution in [-0.4, -0.2) is 44.3 Å². The van der Waals surface area contributed by atoms with Gasteiger partial charge in [-0.25, -0.2) is 0 Å². The van der Waals surface area contributed by atoms with Gasteiger partial charge in [0.15, 0.2) is 9.76 Å². The number of rotatable bonds is 5. The molecule has 0 fully saturated rings. The number of aliphatic hydroxyl groups is 1. The maximum absolute atomic E-state index is 8.63. The van der Waals surface area contributed by atoms with Crippen molar-refractivity contribution < 1.29 is 14.0 Å². The second kappa shape index (κ2) is 6.43. The Kier molecular flexibility index (Phi) is 6.66. The van der Waals surface area contributed by atoms with Gasteiger partial charge < -0.3 is 14.0 Å². The van der Waals surface area contributed by atoms with Crippen LogP contribution in [0.2, 0.25) is 0 Å². The third kappa shape index (κ3) is 4.79. The zero-order valence-corrected chi connectivity index (χ0v) is 9.38. The van der Waals surface area contributed by atoms with Gasteiger partial charge in [0.2, 0.25) is 0 Å². The normalized spacial score (nSPS) is 15.3. The van der Waals surface area contributed by atoms with Gasteiger partial charge in [0, 0.05) is 6.61 Å². The molecule has 1 unspecified atom stereocenters. The van der Waals surface area contributed by atoms with E-state index in [1.54, 1.807) is 0 Å². The van der Waals surface area contributed by atoms with Crippen LogP contribution in [0.1, 0.15) is 6.92 Å². The third-order valence-electron chi connectivity index (χ3n) is 0.959. The van der Waals surface area contributed by atoms with Gasteiger partial charge in [-0.05, 0) is 6.92 Å². The first-order chi connectivity index (χ1) is 4.35. The van der Waals surface area contributed by atoms with Crippen LogP contribution in [0.3, 0.4) is 0 Å². The van der Waals surface area contributed by atoms with E-state index in [0.29, 0.717) is 6.61 Å². The highest BCUT2D eigenvalue weighted by Crippen LogP contribution is 1.86. The molecule has 56 valence electrons. The average Bonchev–Trinajstić information content (AvgIpc) is 1.88. The first-order valence-corrected chi connectivity index (χ1v) is 5.27. The molecule has 0 radical (unpaired) electrons. The fourth-order valence-electron chi connectivity index (χ4n) is 0.575. The number of aliphatic hydroxyl groups excluding tert-OH is 1. The monoisotopic (exact) mass is 166 g/mol. The second-order valence-corrected chi connectivity index (χ2v) is 5.27. The Morgan fingerprint density at radius 1 is 1.78 bits per heavy atom. The van der Waals surface area contributed by atoms with Crippen molar-refractivity contribution in [3.8, 4) is 0 Å². The van der Waals surface area contributed by atoms with E-state index in [1.807, 2.05) is 6.92 Å². The van der Waals surface area contributed by atoms with Crippen molar-refractivity contribution in [1.82, 2.24) is 0 Å². The minimum absolute atomic E-state index is 0.0208. The number of hydrogen-bond donors (Lipinski definition) is 1. The molecule has 0 aliphatic rings. The summed E-state index contributed by atoms with van der Waals surface area (Å²) in [5.74, 6) is 0. The van der Waals surface area contributed by atoms with Gasteiger partial charge in [-0.1, -0.05) is 0 Å². The Hall–Kier alpha value is 0.314. The summed E-state index contributed by atoms with van der Waals surface area (Å²) in [5, 5.41) is 8.63. The number of ether oxygens (including phenoxy) is 1. The van der Waals surface area contributed by atoms with Crippen LogP contribution in [0.25, 0.3) is 0 Å². The van der Waals surface area contributed by atoms with E-state index in [2.05, 4.69) is 0 Å². The van der Waals surface area contributed by atoms with Crippen LogP contribution >= 0.6 is 0 Å². The summed E-state index contributed by atoms with van der Waals surface area (Å²) in [6.07, 6.45) is 0. The minimum Gasteiger partial charge on any atom is -0.466 e. The lowest BCUT2D eigenvalue weighted by atomic mass is 10.7. The summed E-state index contributed by atoms with van der Waals surface area (Å²) in [4.78, 5) is 0. The topological polar surface area (TPSA) is 38.7 Å². The molecule has 0 rings (SSSR count). The molecule has 5 heteroatoms. The van der Waals surface area contributed by atoms with Crippen molar-refractivity contribution in [3.63, 3.8) is 0 Å². The Labute approximate surface area is 60.8 Å². The molecule has 3 nitrogen and oxygen atoms in total. The molecule has 0 bridgehead atoms. The first kappa shape index (κ1) is 9.31. The molecule has 0 saturated heterocycles. The zero-order chi connectivity index (χ0) is 7.11. The molecule has 0 aromatic heterocycles. The van der Waals surface area contributed by atoms with Crippen LogP contribution in [0.4, 0.5) is 0 Å². The third-order valence-corrected chi connectivity index (χ3v) is 3.16. The van der Waals surface area contributed by atoms with Gasteiger partial charge in [0.1, 0.15) is 10.5 Å². The highest BCUT2D eigenvalue weighted by atomic mass is 28.3. The van der Waals surface area contributed by atoms with Gasteiger partial charge in [0.05, 0.1) is 12.3 Å². The standard InChI is InChI=1S/C4H14O3Si2/c1-2-6-4(3-5)9-7-8/h4-5H,2-3,9H2,1,8H3. The molecular weight excluding hydrogens is 152 g/mol. The molecule has 0 amide bonds. The van der Waals surface area contributed by atoms with Gasteiger partial charge in [-0.3, -0.25) is 0 Å².